The van der Waals surface area contributed by atoms with Crippen molar-refractivity contribution in [1.82, 2.24) is 0 Å². The van der Waals surface area contributed by atoms with Crippen LogP contribution in [0.4, 0.5) is 0 Å². The van der Waals surface area contributed by atoms with Crippen molar-refractivity contribution in [3.05, 3.63) is 57.1 Å². The van der Waals surface area contributed by atoms with Crippen LogP contribution in [0.3, 0.4) is 0 Å². The normalized spacial score (nSPS) is 10.7. The number of nitrogens with two attached hydrogens (primary N) is 1. The van der Waals surface area contributed by atoms with Crippen LogP contribution in [0.15, 0.2) is 30.3 Å². The molecule has 2 rings (SSSR count). The van der Waals surface area contributed by atoms with Crippen molar-refractivity contribution < 1.29 is 0 Å². The Kier molecular flexibility index (Phi) is 3.96. The maximum atomic E-state index is 6.09. The van der Waals surface area contributed by atoms with Crippen molar-refractivity contribution in [2.75, 3.05) is 0 Å². The zero-order chi connectivity index (χ0) is 13.3. The lowest BCUT2D eigenvalue weighted by atomic mass is 9.92. The van der Waals surface area contributed by atoms with Gasteiger partial charge in [0.05, 0.1) is 10.0 Å². The molecule has 0 atom stereocenters. The minimum atomic E-state index is 0.517. The first kappa shape index (κ1) is 13.4. The minimum absolute atomic E-state index is 0.517. The van der Waals surface area contributed by atoms with Gasteiger partial charge in [0, 0.05) is 6.54 Å². The quantitative estimate of drug-likeness (QED) is 0.845. The average Bonchev–Trinajstić information content (AvgIpc) is 2.35. The molecule has 0 spiro atoms. The van der Waals surface area contributed by atoms with E-state index in [9.17, 15) is 0 Å². The molecule has 2 aromatic carbocycles. The van der Waals surface area contributed by atoms with E-state index >= 15 is 0 Å². The molecule has 0 heterocycles. The first-order chi connectivity index (χ1) is 8.54. The second-order valence-electron chi connectivity index (χ2n) is 4.39. The highest BCUT2D eigenvalue weighted by molar-refractivity contribution is 6.42. The number of rotatable bonds is 2. The van der Waals surface area contributed by atoms with E-state index in [2.05, 4.69) is 26.0 Å². The first-order valence-corrected chi connectivity index (χ1v) is 6.54. The van der Waals surface area contributed by atoms with Gasteiger partial charge in [-0.15, -0.1) is 0 Å². The lowest BCUT2D eigenvalue weighted by Gasteiger charge is -2.15. The molecule has 0 unspecified atom stereocenters. The summed E-state index contributed by atoms with van der Waals surface area (Å²) in [6.07, 6.45) is 0. The Balaban J connectivity index is 2.69. The van der Waals surface area contributed by atoms with E-state index in [-0.39, 0.29) is 0 Å². The van der Waals surface area contributed by atoms with Crippen LogP contribution < -0.4 is 5.73 Å². The summed E-state index contributed by atoms with van der Waals surface area (Å²) in [7, 11) is 0. The molecule has 18 heavy (non-hydrogen) atoms. The molecule has 0 saturated carbocycles. The molecule has 3 heteroatoms. The lowest BCUT2D eigenvalue weighted by Crippen LogP contribution is -2.03. The number of aryl methyl sites for hydroxylation is 2. The molecule has 0 aliphatic carbocycles. The number of benzene rings is 2. The Morgan fingerprint density at radius 2 is 1.61 bits per heavy atom. The van der Waals surface area contributed by atoms with Gasteiger partial charge in [-0.2, -0.15) is 0 Å². The minimum Gasteiger partial charge on any atom is -0.326 e. The van der Waals surface area contributed by atoms with Crippen LogP contribution in [0.1, 0.15) is 16.7 Å². The molecule has 0 aliphatic heterocycles. The van der Waals surface area contributed by atoms with Gasteiger partial charge in [0.1, 0.15) is 0 Å². The molecule has 2 N–H and O–H groups in total. The van der Waals surface area contributed by atoms with Crippen molar-refractivity contribution in [2.24, 2.45) is 5.73 Å². The van der Waals surface area contributed by atoms with Crippen LogP contribution in [-0.4, -0.2) is 0 Å². The fourth-order valence-electron chi connectivity index (χ4n) is 2.19. The Morgan fingerprint density at radius 3 is 2.22 bits per heavy atom. The zero-order valence-electron chi connectivity index (χ0n) is 10.4. The van der Waals surface area contributed by atoms with E-state index in [1.54, 1.807) is 0 Å². The van der Waals surface area contributed by atoms with E-state index in [1.165, 1.54) is 11.1 Å². The van der Waals surface area contributed by atoms with Gasteiger partial charge in [-0.05, 0) is 53.8 Å². The Hall–Kier alpha value is -1.02. The summed E-state index contributed by atoms with van der Waals surface area (Å²) < 4.78 is 0. The third-order valence-corrected chi connectivity index (χ3v) is 3.91. The van der Waals surface area contributed by atoms with Gasteiger partial charge in [0.15, 0.2) is 0 Å². The summed E-state index contributed by atoms with van der Waals surface area (Å²) in [5.74, 6) is 0. The predicted molar refractivity (Wildman–Crippen MR) is 79.3 cm³/mol. The van der Waals surface area contributed by atoms with Crippen molar-refractivity contribution in [1.29, 1.82) is 0 Å². The van der Waals surface area contributed by atoms with Gasteiger partial charge < -0.3 is 5.73 Å². The van der Waals surface area contributed by atoms with Crippen LogP contribution in [0, 0.1) is 13.8 Å². The van der Waals surface area contributed by atoms with E-state index < -0.39 is 0 Å². The highest BCUT2D eigenvalue weighted by atomic mass is 35.5. The average molecular weight is 280 g/mol. The van der Waals surface area contributed by atoms with Crippen molar-refractivity contribution in [3.8, 4) is 11.1 Å². The van der Waals surface area contributed by atoms with Gasteiger partial charge in [0.25, 0.3) is 0 Å². The lowest BCUT2D eigenvalue weighted by molar-refractivity contribution is 1.05. The smallest absolute Gasteiger partial charge is 0.0598 e. The maximum Gasteiger partial charge on any atom is 0.0598 e. The molecule has 0 bridgehead atoms. The highest BCUT2D eigenvalue weighted by Crippen LogP contribution is 2.33. The van der Waals surface area contributed by atoms with Gasteiger partial charge >= 0.3 is 0 Å². The molecular weight excluding hydrogens is 265 g/mol. The SMILES string of the molecule is Cc1ccc(C)c(-c2ccc(Cl)c(Cl)c2)c1CN. The van der Waals surface area contributed by atoms with E-state index in [4.69, 9.17) is 28.9 Å². The second-order valence-corrected chi connectivity index (χ2v) is 5.20. The van der Waals surface area contributed by atoms with Gasteiger partial charge in [0.2, 0.25) is 0 Å². The summed E-state index contributed by atoms with van der Waals surface area (Å²) in [6.45, 7) is 4.67. The van der Waals surface area contributed by atoms with Crippen molar-refractivity contribution in [2.45, 2.75) is 20.4 Å². The largest absolute Gasteiger partial charge is 0.326 e. The zero-order valence-corrected chi connectivity index (χ0v) is 11.9. The molecule has 0 aromatic heterocycles. The van der Waals surface area contributed by atoms with Gasteiger partial charge in [-0.1, -0.05) is 41.4 Å². The first-order valence-electron chi connectivity index (χ1n) is 5.79. The highest BCUT2D eigenvalue weighted by Gasteiger charge is 2.11. The number of hydrogen-bond donors (Lipinski definition) is 1. The molecule has 1 nitrogen and oxygen atoms in total. The summed E-state index contributed by atoms with van der Waals surface area (Å²) in [5, 5.41) is 1.14. The van der Waals surface area contributed by atoms with Gasteiger partial charge in [-0.3, -0.25) is 0 Å². The molecule has 0 saturated heterocycles. The van der Waals surface area contributed by atoms with Crippen LogP contribution in [-0.2, 0) is 6.54 Å². The van der Waals surface area contributed by atoms with E-state index in [0.717, 1.165) is 16.7 Å². The predicted octanol–water partition coefficient (Wildman–Crippen LogP) is 4.74. The summed E-state index contributed by atoms with van der Waals surface area (Å²) in [6, 6.07) is 9.89. The number of hydrogen-bond acceptors (Lipinski definition) is 1. The summed E-state index contributed by atoms with van der Waals surface area (Å²) >= 11 is 12.0. The third-order valence-electron chi connectivity index (χ3n) is 3.17. The van der Waals surface area contributed by atoms with Crippen LogP contribution in [0.2, 0.25) is 10.0 Å². The second kappa shape index (κ2) is 5.31. The standard InChI is InChI=1S/C15H15Cl2N/c1-9-3-4-10(2)15(12(9)8-18)11-5-6-13(16)14(17)7-11/h3-7H,8,18H2,1-2H3. The number of halogens is 2. The molecule has 0 radical (unpaired) electrons. The fraction of sp³-hybridized carbons (Fsp3) is 0.200. The molecular formula is C15H15Cl2N. The van der Waals surface area contributed by atoms with Crippen molar-refractivity contribution >= 4 is 23.2 Å². The fourth-order valence-corrected chi connectivity index (χ4v) is 2.48. The maximum absolute atomic E-state index is 6.09. The van der Waals surface area contributed by atoms with Crippen LogP contribution in [0.25, 0.3) is 11.1 Å². The summed E-state index contributed by atoms with van der Waals surface area (Å²) in [5.41, 5.74) is 11.6. The van der Waals surface area contributed by atoms with Crippen LogP contribution in [0.5, 0.6) is 0 Å². The van der Waals surface area contributed by atoms with E-state index in [0.29, 0.717) is 16.6 Å². The monoisotopic (exact) mass is 279 g/mol. The molecule has 0 aliphatic rings. The topological polar surface area (TPSA) is 26.0 Å². The Bertz CT molecular complexity index is 591. The summed E-state index contributed by atoms with van der Waals surface area (Å²) in [4.78, 5) is 0. The van der Waals surface area contributed by atoms with E-state index in [1.807, 2.05) is 18.2 Å². The molecule has 94 valence electrons. The van der Waals surface area contributed by atoms with Gasteiger partial charge in [-0.25, -0.2) is 0 Å². The molecule has 0 fully saturated rings. The van der Waals surface area contributed by atoms with Crippen molar-refractivity contribution in [3.63, 3.8) is 0 Å². The Morgan fingerprint density at radius 1 is 0.944 bits per heavy atom. The molecule has 0 amide bonds. The van der Waals surface area contributed by atoms with Crippen LogP contribution >= 0.6 is 23.2 Å². The Labute approximate surface area is 118 Å². The third kappa shape index (κ3) is 2.39. The molecule has 2 aromatic rings.